The van der Waals surface area contributed by atoms with Crippen molar-refractivity contribution in [2.75, 3.05) is 19.8 Å². The van der Waals surface area contributed by atoms with Gasteiger partial charge < -0.3 is 0 Å². The van der Waals surface area contributed by atoms with Crippen LogP contribution in [0.15, 0.2) is 30.3 Å². The highest BCUT2D eigenvalue weighted by molar-refractivity contribution is 8.03. The molecule has 1 nitrogen and oxygen atoms in total. The first-order valence-electron chi connectivity index (χ1n) is 4.56. The molecule has 0 fully saturated rings. The van der Waals surface area contributed by atoms with Gasteiger partial charge in [0.15, 0.2) is 0 Å². The predicted molar refractivity (Wildman–Crippen MR) is 64.1 cm³/mol. The lowest BCUT2D eigenvalue weighted by atomic mass is 10.2. The first-order chi connectivity index (χ1) is 6.83. The van der Waals surface area contributed by atoms with Crippen LogP contribution in [-0.2, 0) is 6.54 Å². The molecule has 0 unspecified atom stereocenters. The molecule has 0 aliphatic rings. The Balaban J connectivity index is 2.38. The van der Waals surface area contributed by atoms with E-state index in [1.54, 1.807) is 11.8 Å². The zero-order valence-electron chi connectivity index (χ0n) is 8.66. The van der Waals surface area contributed by atoms with Crippen molar-refractivity contribution in [3.05, 3.63) is 35.9 Å². The van der Waals surface area contributed by atoms with Gasteiger partial charge in [0.25, 0.3) is 0 Å². The summed E-state index contributed by atoms with van der Waals surface area (Å²) in [5.74, 6) is 3.09. The molecule has 0 aromatic heterocycles. The van der Waals surface area contributed by atoms with Gasteiger partial charge in [-0.3, -0.25) is 4.90 Å². The van der Waals surface area contributed by atoms with Gasteiger partial charge in [-0.2, -0.15) is 0 Å². The molecule has 1 aromatic carbocycles. The molecule has 0 aliphatic carbocycles. The van der Waals surface area contributed by atoms with Gasteiger partial charge in [0, 0.05) is 6.54 Å². The van der Waals surface area contributed by atoms with E-state index in [0.717, 1.165) is 13.1 Å². The smallest absolute Gasteiger partial charge is 0.0611 e. The molecule has 0 heterocycles. The normalized spacial score (nSPS) is 9.64. The number of benzene rings is 1. The molecule has 0 radical (unpaired) electrons. The molecule has 0 saturated heterocycles. The third kappa shape index (κ3) is 4.36. The second kappa shape index (κ2) is 6.53. The van der Waals surface area contributed by atoms with Crippen LogP contribution >= 0.6 is 11.8 Å². The summed E-state index contributed by atoms with van der Waals surface area (Å²) in [7, 11) is 2.09. The maximum Gasteiger partial charge on any atom is 0.0611 e. The summed E-state index contributed by atoms with van der Waals surface area (Å²) in [5, 5.41) is 2.99. The molecule has 0 aliphatic heterocycles. The minimum absolute atomic E-state index is 0.829. The van der Waals surface area contributed by atoms with Gasteiger partial charge in [-0.1, -0.05) is 48.0 Å². The van der Waals surface area contributed by atoms with E-state index in [9.17, 15) is 0 Å². The Bertz CT molecular complexity index is 310. The van der Waals surface area contributed by atoms with E-state index in [4.69, 9.17) is 0 Å². The molecule has 0 spiro atoms. The molecule has 0 amide bonds. The standard InChI is InChI=1S/C12H15NS/c1-13(9-6-10-14-2)11-12-7-4-3-5-8-12/h3-5,7-8H,9,11H2,1-2H3. The Morgan fingerprint density at radius 3 is 2.64 bits per heavy atom. The maximum absolute atomic E-state index is 3.09. The highest BCUT2D eigenvalue weighted by Crippen LogP contribution is 2.01. The molecule has 0 bridgehead atoms. The van der Waals surface area contributed by atoms with Gasteiger partial charge in [0.05, 0.1) is 6.54 Å². The van der Waals surface area contributed by atoms with E-state index in [1.165, 1.54) is 5.56 Å². The van der Waals surface area contributed by atoms with Crippen LogP contribution in [0.25, 0.3) is 0 Å². The minimum Gasteiger partial charge on any atom is -0.291 e. The van der Waals surface area contributed by atoms with Crippen molar-refractivity contribution >= 4 is 11.8 Å². The maximum atomic E-state index is 3.09. The fourth-order valence-electron chi connectivity index (χ4n) is 1.19. The van der Waals surface area contributed by atoms with E-state index in [0.29, 0.717) is 0 Å². The van der Waals surface area contributed by atoms with Crippen molar-refractivity contribution in [2.24, 2.45) is 0 Å². The van der Waals surface area contributed by atoms with Gasteiger partial charge in [-0.15, -0.1) is 0 Å². The van der Waals surface area contributed by atoms with Crippen molar-refractivity contribution in [3.8, 4) is 11.2 Å². The number of nitrogens with zero attached hydrogens (tertiary/aromatic N) is 1. The van der Waals surface area contributed by atoms with E-state index < -0.39 is 0 Å². The Labute approximate surface area is 90.5 Å². The minimum atomic E-state index is 0.829. The second-order valence-corrected chi connectivity index (χ2v) is 3.75. The lowest BCUT2D eigenvalue weighted by molar-refractivity contribution is 0.369. The van der Waals surface area contributed by atoms with Crippen LogP contribution in [0.1, 0.15) is 5.56 Å². The van der Waals surface area contributed by atoms with Crippen molar-refractivity contribution in [3.63, 3.8) is 0 Å². The van der Waals surface area contributed by atoms with Crippen LogP contribution in [0.3, 0.4) is 0 Å². The Morgan fingerprint density at radius 1 is 1.29 bits per heavy atom. The molecule has 1 aromatic rings. The molecular formula is C12H15NS. The lowest BCUT2D eigenvalue weighted by Gasteiger charge is -2.12. The Kier molecular flexibility index (Phi) is 5.21. The highest BCUT2D eigenvalue weighted by Gasteiger charge is 1.96. The summed E-state index contributed by atoms with van der Waals surface area (Å²) in [6.45, 7) is 1.79. The average molecular weight is 205 g/mol. The molecule has 0 saturated carbocycles. The lowest BCUT2D eigenvalue weighted by Crippen LogP contribution is -2.17. The molecule has 14 heavy (non-hydrogen) atoms. The fraction of sp³-hybridized carbons (Fsp3) is 0.333. The molecular weight excluding hydrogens is 190 g/mol. The van der Waals surface area contributed by atoms with Gasteiger partial charge in [-0.25, -0.2) is 0 Å². The first kappa shape index (κ1) is 11.2. The quantitative estimate of drug-likeness (QED) is 0.697. The zero-order valence-corrected chi connectivity index (χ0v) is 9.47. The van der Waals surface area contributed by atoms with E-state index in [2.05, 4.69) is 47.4 Å². The van der Waals surface area contributed by atoms with E-state index in [1.807, 2.05) is 12.3 Å². The Hall–Kier alpha value is -0.910. The van der Waals surface area contributed by atoms with Crippen molar-refractivity contribution in [2.45, 2.75) is 6.54 Å². The van der Waals surface area contributed by atoms with Crippen LogP contribution in [-0.4, -0.2) is 24.7 Å². The first-order valence-corrected chi connectivity index (χ1v) is 5.78. The van der Waals surface area contributed by atoms with Gasteiger partial charge >= 0.3 is 0 Å². The predicted octanol–water partition coefficient (Wildman–Crippen LogP) is 2.44. The molecule has 1 rings (SSSR count). The van der Waals surface area contributed by atoms with Crippen molar-refractivity contribution in [1.82, 2.24) is 4.90 Å². The molecule has 74 valence electrons. The van der Waals surface area contributed by atoms with Crippen LogP contribution < -0.4 is 0 Å². The second-order valence-electron chi connectivity index (χ2n) is 3.14. The van der Waals surface area contributed by atoms with Crippen molar-refractivity contribution in [1.29, 1.82) is 0 Å². The molecule has 2 heteroatoms. The summed E-state index contributed by atoms with van der Waals surface area (Å²) in [6, 6.07) is 10.4. The highest BCUT2D eigenvalue weighted by atomic mass is 32.2. The van der Waals surface area contributed by atoms with Crippen LogP contribution in [0.2, 0.25) is 0 Å². The summed E-state index contributed by atoms with van der Waals surface area (Å²) in [5.41, 5.74) is 1.33. The summed E-state index contributed by atoms with van der Waals surface area (Å²) in [4.78, 5) is 2.21. The third-order valence-electron chi connectivity index (χ3n) is 1.82. The number of hydrogen-bond acceptors (Lipinski definition) is 2. The molecule has 0 atom stereocenters. The third-order valence-corrected chi connectivity index (χ3v) is 2.17. The SMILES string of the molecule is CSC#CCN(C)Cc1ccccc1. The van der Waals surface area contributed by atoms with Gasteiger partial charge in [-0.05, 0) is 24.1 Å². The number of thioether (sulfide) groups is 1. The zero-order chi connectivity index (χ0) is 10.2. The average Bonchev–Trinajstić information content (AvgIpc) is 2.20. The van der Waals surface area contributed by atoms with E-state index in [-0.39, 0.29) is 0 Å². The Morgan fingerprint density at radius 2 is 2.00 bits per heavy atom. The largest absolute Gasteiger partial charge is 0.291 e. The van der Waals surface area contributed by atoms with Gasteiger partial charge in [0.1, 0.15) is 0 Å². The number of rotatable bonds is 3. The number of hydrogen-bond donors (Lipinski definition) is 0. The summed E-state index contributed by atoms with van der Waals surface area (Å²) in [6.07, 6.45) is 1.99. The fourth-order valence-corrected chi connectivity index (χ4v) is 1.40. The summed E-state index contributed by atoms with van der Waals surface area (Å²) >= 11 is 1.56. The summed E-state index contributed by atoms with van der Waals surface area (Å²) < 4.78 is 0. The van der Waals surface area contributed by atoms with Crippen LogP contribution in [0, 0.1) is 11.2 Å². The van der Waals surface area contributed by atoms with E-state index >= 15 is 0 Å². The van der Waals surface area contributed by atoms with Crippen LogP contribution in [0.5, 0.6) is 0 Å². The molecule has 0 N–H and O–H groups in total. The topological polar surface area (TPSA) is 3.24 Å². The van der Waals surface area contributed by atoms with Gasteiger partial charge in [0.2, 0.25) is 0 Å². The van der Waals surface area contributed by atoms with Crippen LogP contribution in [0.4, 0.5) is 0 Å². The van der Waals surface area contributed by atoms with Crippen molar-refractivity contribution < 1.29 is 0 Å². The monoisotopic (exact) mass is 205 g/mol.